The maximum absolute atomic E-state index is 6.35. The average Bonchev–Trinajstić information content (AvgIpc) is 3.03. The summed E-state index contributed by atoms with van der Waals surface area (Å²) < 4.78 is 6.67. The van der Waals surface area contributed by atoms with Gasteiger partial charge in [0.05, 0.1) is 27.7 Å². The molecule has 1 aliphatic heterocycles. The molecule has 7 heteroatoms. The highest BCUT2D eigenvalue weighted by molar-refractivity contribution is 7.68. The number of fused-ring (bicyclic) bond motifs is 3. The predicted octanol–water partition coefficient (Wildman–Crippen LogP) is 7.08. The summed E-state index contributed by atoms with van der Waals surface area (Å²) in [5, 5.41) is 4.79. The van der Waals surface area contributed by atoms with Gasteiger partial charge in [-0.2, -0.15) is 0 Å². The van der Waals surface area contributed by atoms with Crippen LogP contribution in [0.2, 0.25) is 10.0 Å². The SMILES string of the molecule is CCOc1ccc2c(c1)-c1c(ssc1=Nc1ccc(Cl)cc1Cl)C(C)(C)N2. The Balaban J connectivity index is 1.95. The minimum atomic E-state index is -0.172. The number of nitrogens with one attached hydrogen (secondary N) is 1. The van der Waals surface area contributed by atoms with Crippen LogP contribution in [0.3, 0.4) is 0 Å². The van der Waals surface area contributed by atoms with E-state index in [0.29, 0.717) is 16.7 Å². The summed E-state index contributed by atoms with van der Waals surface area (Å²) in [6.45, 7) is 7.00. The zero-order valence-corrected chi connectivity index (χ0v) is 18.2. The van der Waals surface area contributed by atoms with Crippen LogP contribution >= 0.6 is 43.9 Å². The molecule has 27 heavy (non-hydrogen) atoms. The third-order valence-electron chi connectivity index (χ3n) is 4.36. The molecule has 2 aromatic carbocycles. The summed E-state index contributed by atoms with van der Waals surface area (Å²) >= 11 is 12.4. The van der Waals surface area contributed by atoms with E-state index in [9.17, 15) is 0 Å². The number of nitrogens with zero attached hydrogens (tertiary/aromatic N) is 1. The van der Waals surface area contributed by atoms with Gasteiger partial charge < -0.3 is 10.1 Å². The van der Waals surface area contributed by atoms with Gasteiger partial charge in [0.25, 0.3) is 0 Å². The Hall–Kier alpha value is -1.53. The minimum absolute atomic E-state index is 0.172. The monoisotopic (exact) mass is 436 g/mol. The summed E-state index contributed by atoms with van der Waals surface area (Å²) in [6.07, 6.45) is 0. The molecule has 1 aromatic heterocycles. The molecule has 0 atom stereocenters. The average molecular weight is 437 g/mol. The van der Waals surface area contributed by atoms with Crippen LogP contribution in [0.1, 0.15) is 25.6 Å². The van der Waals surface area contributed by atoms with Gasteiger partial charge in [-0.3, -0.25) is 0 Å². The Labute approximate surface area is 175 Å². The Morgan fingerprint density at radius 3 is 2.67 bits per heavy atom. The summed E-state index contributed by atoms with van der Waals surface area (Å²) in [6, 6.07) is 11.5. The van der Waals surface area contributed by atoms with Gasteiger partial charge in [-0.15, -0.1) is 0 Å². The molecule has 0 aliphatic carbocycles. The lowest BCUT2D eigenvalue weighted by Gasteiger charge is -2.33. The molecule has 3 nitrogen and oxygen atoms in total. The largest absolute Gasteiger partial charge is 0.494 e. The van der Waals surface area contributed by atoms with Crippen molar-refractivity contribution in [3.63, 3.8) is 0 Å². The molecule has 1 N–H and O–H groups in total. The van der Waals surface area contributed by atoms with Crippen LogP contribution < -0.4 is 14.7 Å². The van der Waals surface area contributed by atoms with Crippen molar-refractivity contribution in [2.24, 2.45) is 4.99 Å². The minimum Gasteiger partial charge on any atom is -0.494 e. The maximum atomic E-state index is 6.35. The Morgan fingerprint density at radius 2 is 1.93 bits per heavy atom. The van der Waals surface area contributed by atoms with Crippen LogP contribution in [0.15, 0.2) is 41.4 Å². The van der Waals surface area contributed by atoms with E-state index in [1.165, 1.54) is 4.88 Å². The molecular weight excluding hydrogens is 419 g/mol. The van der Waals surface area contributed by atoms with Gasteiger partial charge in [-0.1, -0.05) is 43.9 Å². The Kier molecular flexibility index (Phi) is 4.97. The molecule has 1 aliphatic rings. The zero-order valence-electron chi connectivity index (χ0n) is 15.1. The smallest absolute Gasteiger partial charge is 0.135 e. The van der Waals surface area contributed by atoms with Crippen LogP contribution in [0, 0.1) is 0 Å². The number of benzene rings is 2. The molecule has 0 amide bonds. The van der Waals surface area contributed by atoms with Gasteiger partial charge in [0.15, 0.2) is 0 Å². The third kappa shape index (κ3) is 3.49. The first kappa shape index (κ1) is 18.8. The van der Waals surface area contributed by atoms with Gasteiger partial charge in [-0.05, 0) is 57.2 Å². The molecule has 0 saturated carbocycles. The second-order valence-corrected chi connectivity index (χ2v) is 9.75. The second kappa shape index (κ2) is 7.13. The number of halogens is 2. The zero-order chi connectivity index (χ0) is 19.2. The third-order valence-corrected chi connectivity index (χ3v) is 7.54. The summed E-state index contributed by atoms with van der Waals surface area (Å²) in [5.41, 5.74) is 3.89. The first-order valence-electron chi connectivity index (χ1n) is 8.58. The lowest BCUT2D eigenvalue weighted by Crippen LogP contribution is -2.31. The molecule has 0 unspecified atom stereocenters. The van der Waals surface area contributed by atoms with Gasteiger partial charge in [0, 0.05) is 21.8 Å². The van der Waals surface area contributed by atoms with Gasteiger partial charge in [0.1, 0.15) is 10.4 Å². The molecule has 0 spiro atoms. The molecule has 140 valence electrons. The summed E-state index contributed by atoms with van der Waals surface area (Å²) in [4.78, 5) is 6.13. The number of anilines is 1. The number of ether oxygens (including phenoxy) is 1. The van der Waals surface area contributed by atoms with E-state index in [1.807, 2.05) is 25.1 Å². The molecule has 3 aromatic rings. The quantitative estimate of drug-likeness (QED) is 0.445. The van der Waals surface area contributed by atoms with Crippen LogP contribution in [0.5, 0.6) is 5.75 Å². The van der Waals surface area contributed by atoms with Gasteiger partial charge >= 0.3 is 0 Å². The van der Waals surface area contributed by atoms with Crippen molar-refractivity contribution in [1.29, 1.82) is 0 Å². The maximum Gasteiger partial charge on any atom is 0.135 e. The van der Waals surface area contributed by atoms with Crippen LogP contribution in [-0.2, 0) is 5.54 Å². The summed E-state index contributed by atoms with van der Waals surface area (Å²) in [7, 11) is 3.41. The molecule has 0 radical (unpaired) electrons. The fraction of sp³-hybridized carbons (Fsp3) is 0.250. The van der Waals surface area contributed by atoms with Crippen molar-refractivity contribution in [2.75, 3.05) is 11.9 Å². The van der Waals surface area contributed by atoms with Crippen molar-refractivity contribution < 1.29 is 4.74 Å². The topological polar surface area (TPSA) is 33.6 Å². The highest BCUT2D eigenvalue weighted by Crippen LogP contribution is 2.46. The van der Waals surface area contributed by atoms with E-state index in [0.717, 1.165) is 32.9 Å². The lowest BCUT2D eigenvalue weighted by atomic mass is 9.90. The fourth-order valence-electron chi connectivity index (χ4n) is 3.16. The normalized spacial score (nSPS) is 15.1. The second-order valence-electron chi connectivity index (χ2n) is 6.77. The van der Waals surface area contributed by atoms with E-state index in [4.69, 9.17) is 32.9 Å². The number of rotatable bonds is 3. The molecule has 2 heterocycles. The van der Waals surface area contributed by atoms with E-state index < -0.39 is 0 Å². The molecular formula is C20H18Cl2N2OS2. The van der Waals surface area contributed by atoms with Crippen LogP contribution in [0.25, 0.3) is 11.1 Å². The first-order chi connectivity index (χ1) is 12.9. The lowest BCUT2D eigenvalue weighted by molar-refractivity contribution is 0.340. The highest BCUT2D eigenvalue weighted by Gasteiger charge is 2.33. The fourth-order valence-corrected chi connectivity index (χ4v) is 6.54. The Morgan fingerprint density at radius 1 is 1.11 bits per heavy atom. The van der Waals surface area contributed by atoms with Crippen LogP contribution in [-0.4, -0.2) is 6.61 Å². The van der Waals surface area contributed by atoms with Gasteiger partial charge in [0.2, 0.25) is 0 Å². The molecule has 0 fully saturated rings. The molecule has 4 rings (SSSR count). The Bertz CT molecular complexity index is 1090. The summed E-state index contributed by atoms with van der Waals surface area (Å²) in [5.74, 6) is 0.857. The van der Waals surface area contributed by atoms with Crippen molar-refractivity contribution in [1.82, 2.24) is 0 Å². The first-order valence-corrected chi connectivity index (χ1v) is 11.5. The van der Waals surface area contributed by atoms with Gasteiger partial charge in [-0.25, -0.2) is 4.99 Å². The number of hydrogen-bond acceptors (Lipinski definition) is 5. The van der Waals surface area contributed by atoms with Crippen molar-refractivity contribution in [3.8, 4) is 16.9 Å². The molecule has 0 bridgehead atoms. The number of hydrogen-bond donors (Lipinski definition) is 1. The van der Waals surface area contributed by atoms with E-state index in [-0.39, 0.29) is 5.54 Å². The van der Waals surface area contributed by atoms with Crippen LogP contribution in [0.4, 0.5) is 11.4 Å². The van der Waals surface area contributed by atoms with Crippen molar-refractivity contribution in [3.05, 3.63) is 56.0 Å². The van der Waals surface area contributed by atoms with E-state index in [2.05, 4.69) is 31.3 Å². The van der Waals surface area contributed by atoms with E-state index >= 15 is 0 Å². The van der Waals surface area contributed by atoms with Crippen molar-refractivity contribution in [2.45, 2.75) is 26.3 Å². The predicted molar refractivity (Wildman–Crippen MR) is 117 cm³/mol. The van der Waals surface area contributed by atoms with E-state index in [1.54, 1.807) is 26.7 Å². The highest BCUT2D eigenvalue weighted by atomic mass is 35.5. The van der Waals surface area contributed by atoms with Crippen molar-refractivity contribution >= 4 is 55.3 Å². The molecule has 0 saturated heterocycles. The standard InChI is InChI=1S/C20H18Cl2N2OS2/c1-4-25-12-6-8-15-13(10-12)17-18(20(2,3)24-15)26-27-19(17)23-16-7-5-11(21)9-14(16)22/h5-10,24H,4H2,1-3H3.